The Balaban J connectivity index is 2.93. The topological polar surface area (TPSA) is 55.1 Å². The van der Waals surface area contributed by atoms with Crippen LogP contribution >= 0.6 is 15.9 Å². The summed E-state index contributed by atoms with van der Waals surface area (Å²) in [7, 11) is 0. The fraction of sp³-hybridized carbons (Fsp3) is 0.500. The minimum atomic E-state index is -4.51. The van der Waals surface area contributed by atoms with Crippen LogP contribution in [0.5, 0.6) is 0 Å². The maximum absolute atomic E-state index is 12.8. The van der Waals surface area contributed by atoms with E-state index in [9.17, 15) is 18.0 Å². The van der Waals surface area contributed by atoms with Crippen LogP contribution < -0.4 is 11.1 Å². The molecule has 1 aromatic rings. The molecule has 1 rings (SSSR count). The highest BCUT2D eigenvalue weighted by Crippen LogP contribution is 2.35. The van der Waals surface area contributed by atoms with Gasteiger partial charge < -0.3 is 11.1 Å². The van der Waals surface area contributed by atoms with Gasteiger partial charge in [-0.1, -0.05) is 29.8 Å². The Morgan fingerprint density at radius 3 is 2.48 bits per heavy atom. The summed E-state index contributed by atoms with van der Waals surface area (Å²) in [6.07, 6.45) is -3.84. The summed E-state index contributed by atoms with van der Waals surface area (Å²) in [5.74, 6) is -0.224. The van der Waals surface area contributed by atoms with Crippen LogP contribution in [0.2, 0.25) is 0 Å². The van der Waals surface area contributed by atoms with Crippen LogP contribution in [-0.2, 0) is 6.18 Å². The smallest absolute Gasteiger partial charge is 0.348 e. The quantitative estimate of drug-likeness (QED) is 0.836. The summed E-state index contributed by atoms with van der Waals surface area (Å²) >= 11 is 2.84. The standard InChI is InChI=1S/C14H18BrF3N2O/c1-8(2)5-10(7-19)20-13(21)9-3-4-12(15)11(6-9)14(16,17)18/h3-4,6,8,10H,5,7,19H2,1-2H3,(H,20,21). The zero-order valence-electron chi connectivity index (χ0n) is 11.8. The van der Waals surface area contributed by atoms with E-state index in [2.05, 4.69) is 21.2 Å². The van der Waals surface area contributed by atoms with E-state index in [1.807, 2.05) is 13.8 Å². The van der Waals surface area contributed by atoms with Crippen molar-refractivity contribution < 1.29 is 18.0 Å². The van der Waals surface area contributed by atoms with E-state index in [1.54, 1.807) is 0 Å². The second-order valence-corrected chi connectivity index (χ2v) is 6.08. The number of nitrogens with two attached hydrogens (primary N) is 1. The zero-order valence-corrected chi connectivity index (χ0v) is 13.4. The van der Waals surface area contributed by atoms with E-state index in [1.165, 1.54) is 12.1 Å². The highest BCUT2D eigenvalue weighted by molar-refractivity contribution is 9.10. The molecular formula is C14H18BrF3N2O. The zero-order chi connectivity index (χ0) is 16.2. The van der Waals surface area contributed by atoms with Gasteiger partial charge in [0.15, 0.2) is 0 Å². The van der Waals surface area contributed by atoms with Gasteiger partial charge in [0.25, 0.3) is 5.91 Å². The molecule has 1 unspecified atom stereocenters. The predicted molar refractivity (Wildman–Crippen MR) is 78.9 cm³/mol. The lowest BCUT2D eigenvalue weighted by atomic mass is 10.0. The third-order valence-corrected chi connectivity index (χ3v) is 3.60. The SMILES string of the molecule is CC(C)CC(CN)NC(=O)c1ccc(Br)c(C(F)(F)F)c1. The number of benzene rings is 1. The number of hydrogen-bond acceptors (Lipinski definition) is 2. The molecule has 0 spiro atoms. The van der Waals surface area contributed by atoms with Crippen LogP contribution in [0.1, 0.15) is 36.2 Å². The van der Waals surface area contributed by atoms with Crippen LogP contribution in [0.25, 0.3) is 0 Å². The van der Waals surface area contributed by atoms with Crippen molar-refractivity contribution in [2.75, 3.05) is 6.54 Å². The van der Waals surface area contributed by atoms with Crippen LogP contribution in [0.4, 0.5) is 13.2 Å². The first-order chi connectivity index (χ1) is 9.65. The third-order valence-electron chi connectivity index (χ3n) is 2.91. The molecule has 3 nitrogen and oxygen atoms in total. The number of nitrogens with one attached hydrogen (secondary N) is 1. The van der Waals surface area contributed by atoms with E-state index in [-0.39, 0.29) is 22.6 Å². The Kier molecular flexibility index (Phi) is 6.22. The molecule has 0 fully saturated rings. The van der Waals surface area contributed by atoms with Crippen LogP contribution in [0, 0.1) is 5.92 Å². The maximum Gasteiger partial charge on any atom is 0.417 e. The monoisotopic (exact) mass is 366 g/mol. The first-order valence-corrected chi connectivity index (χ1v) is 7.32. The second-order valence-electron chi connectivity index (χ2n) is 5.23. The van der Waals surface area contributed by atoms with Crippen molar-refractivity contribution in [1.82, 2.24) is 5.32 Å². The molecule has 0 saturated carbocycles. The molecule has 0 aliphatic carbocycles. The first kappa shape index (κ1) is 18.0. The Labute approximate surface area is 130 Å². The largest absolute Gasteiger partial charge is 0.417 e. The lowest BCUT2D eigenvalue weighted by Gasteiger charge is -2.19. The van der Waals surface area contributed by atoms with Crippen LogP contribution in [-0.4, -0.2) is 18.5 Å². The summed E-state index contributed by atoms with van der Waals surface area (Å²) in [4.78, 5) is 12.0. The summed E-state index contributed by atoms with van der Waals surface area (Å²) < 4.78 is 38.3. The predicted octanol–water partition coefficient (Wildman–Crippen LogP) is 3.57. The van der Waals surface area contributed by atoms with Crippen LogP contribution in [0.3, 0.4) is 0 Å². The van der Waals surface area contributed by atoms with Gasteiger partial charge in [0, 0.05) is 22.6 Å². The van der Waals surface area contributed by atoms with Gasteiger partial charge in [-0.05, 0) is 30.5 Å². The number of alkyl halides is 3. The summed E-state index contributed by atoms with van der Waals surface area (Å²) in [6, 6.07) is 3.15. The minimum absolute atomic E-state index is 0.0345. The van der Waals surface area contributed by atoms with Crippen molar-refractivity contribution in [1.29, 1.82) is 0 Å². The minimum Gasteiger partial charge on any atom is -0.348 e. The number of carbonyl (C=O) groups is 1. The van der Waals surface area contributed by atoms with Crippen molar-refractivity contribution in [2.45, 2.75) is 32.5 Å². The Morgan fingerprint density at radius 2 is 2.00 bits per heavy atom. The summed E-state index contributed by atoms with van der Waals surface area (Å²) in [5.41, 5.74) is 4.66. The lowest BCUT2D eigenvalue weighted by Crippen LogP contribution is -2.41. The normalized spacial score (nSPS) is 13.3. The Morgan fingerprint density at radius 1 is 1.38 bits per heavy atom. The molecule has 1 amide bonds. The molecule has 21 heavy (non-hydrogen) atoms. The molecule has 0 aromatic heterocycles. The van der Waals surface area contributed by atoms with Gasteiger partial charge in [-0.25, -0.2) is 0 Å². The van der Waals surface area contributed by atoms with E-state index in [0.717, 1.165) is 6.07 Å². The van der Waals surface area contributed by atoms with E-state index in [4.69, 9.17) is 5.73 Å². The summed E-state index contributed by atoms with van der Waals surface area (Å²) in [5, 5.41) is 2.67. The average molecular weight is 367 g/mol. The fourth-order valence-electron chi connectivity index (χ4n) is 1.94. The van der Waals surface area contributed by atoms with Crippen molar-refractivity contribution in [3.63, 3.8) is 0 Å². The van der Waals surface area contributed by atoms with Gasteiger partial charge in [0.2, 0.25) is 0 Å². The van der Waals surface area contributed by atoms with Gasteiger partial charge in [-0.2, -0.15) is 13.2 Å². The van der Waals surface area contributed by atoms with Crippen molar-refractivity contribution in [3.8, 4) is 0 Å². The number of rotatable bonds is 5. The number of hydrogen-bond donors (Lipinski definition) is 2. The van der Waals surface area contributed by atoms with Gasteiger partial charge in [-0.3, -0.25) is 4.79 Å². The number of halogens is 4. The highest BCUT2D eigenvalue weighted by atomic mass is 79.9. The second kappa shape index (κ2) is 7.26. The lowest BCUT2D eigenvalue weighted by molar-refractivity contribution is -0.138. The van der Waals surface area contributed by atoms with Crippen molar-refractivity contribution in [3.05, 3.63) is 33.8 Å². The molecule has 0 aliphatic heterocycles. The summed E-state index contributed by atoms with van der Waals surface area (Å²) in [6.45, 7) is 4.21. The molecule has 3 N–H and O–H groups in total. The molecule has 1 atom stereocenters. The molecule has 0 heterocycles. The van der Waals surface area contributed by atoms with Crippen molar-refractivity contribution >= 4 is 21.8 Å². The fourth-order valence-corrected chi connectivity index (χ4v) is 2.41. The molecule has 0 bridgehead atoms. The van der Waals surface area contributed by atoms with E-state index < -0.39 is 17.6 Å². The molecule has 0 radical (unpaired) electrons. The number of carbonyl (C=O) groups excluding carboxylic acids is 1. The highest BCUT2D eigenvalue weighted by Gasteiger charge is 2.33. The molecular weight excluding hydrogens is 349 g/mol. The van der Waals surface area contributed by atoms with Gasteiger partial charge >= 0.3 is 6.18 Å². The third kappa shape index (κ3) is 5.32. The van der Waals surface area contributed by atoms with Gasteiger partial charge in [-0.15, -0.1) is 0 Å². The van der Waals surface area contributed by atoms with Crippen LogP contribution in [0.15, 0.2) is 22.7 Å². The molecule has 0 saturated heterocycles. The van der Waals surface area contributed by atoms with Gasteiger partial charge in [0.1, 0.15) is 0 Å². The number of amides is 1. The van der Waals surface area contributed by atoms with Crippen molar-refractivity contribution in [2.24, 2.45) is 11.7 Å². The molecule has 0 aliphatic rings. The molecule has 1 aromatic carbocycles. The molecule has 7 heteroatoms. The van der Waals surface area contributed by atoms with E-state index >= 15 is 0 Å². The van der Waals surface area contributed by atoms with Gasteiger partial charge in [0.05, 0.1) is 5.56 Å². The Hall–Kier alpha value is -1.08. The average Bonchev–Trinajstić information content (AvgIpc) is 2.36. The first-order valence-electron chi connectivity index (χ1n) is 6.52. The Bertz CT molecular complexity index is 503. The van der Waals surface area contributed by atoms with E-state index in [0.29, 0.717) is 12.3 Å². The maximum atomic E-state index is 12.8. The molecule has 118 valence electrons.